The Kier molecular flexibility index (Phi) is 5.15. The van der Waals surface area contributed by atoms with E-state index in [1.54, 1.807) is 0 Å². The first-order valence-electron chi connectivity index (χ1n) is 2.88. The number of carbonyl (C=O) groups is 1. The Labute approximate surface area is 64.8 Å². The van der Waals surface area contributed by atoms with Crippen LogP contribution in [0.1, 0.15) is 6.42 Å². The summed E-state index contributed by atoms with van der Waals surface area (Å²) in [5.74, 6) is 0.554. The van der Waals surface area contributed by atoms with Crippen molar-refractivity contribution in [2.24, 2.45) is 5.73 Å². The van der Waals surface area contributed by atoms with Crippen LogP contribution in [0.2, 0.25) is 0 Å². The van der Waals surface area contributed by atoms with Gasteiger partial charge in [-0.25, -0.2) is 4.79 Å². The zero-order valence-electron chi connectivity index (χ0n) is 5.49. The van der Waals surface area contributed by atoms with Gasteiger partial charge < -0.3 is 15.6 Å². The first-order chi connectivity index (χ1) is 4.70. The van der Waals surface area contributed by atoms with E-state index in [0.717, 1.165) is 0 Å². The predicted octanol–water partition coefficient (Wildman–Crippen LogP) is -0.237. The van der Waals surface area contributed by atoms with Crippen molar-refractivity contribution >= 4 is 18.7 Å². The van der Waals surface area contributed by atoms with Gasteiger partial charge in [0.2, 0.25) is 0 Å². The van der Waals surface area contributed by atoms with Crippen LogP contribution in [0.15, 0.2) is 0 Å². The average Bonchev–Trinajstić information content (AvgIpc) is 1.86. The molecule has 4 nitrogen and oxygen atoms in total. The number of hydrogen-bond donors (Lipinski definition) is 3. The lowest BCUT2D eigenvalue weighted by Gasteiger charge is -2.11. The molecule has 0 rings (SSSR count). The van der Waals surface area contributed by atoms with Crippen molar-refractivity contribution in [3.8, 4) is 0 Å². The molecule has 0 aromatic carbocycles. The molecule has 0 aliphatic rings. The van der Waals surface area contributed by atoms with Crippen LogP contribution in [-0.2, 0) is 4.74 Å². The number of nitrogens with two attached hydrogens (primary N) is 1. The van der Waals surface area contributed by atoms with Crippen molar-refractivity contribution in [1.29, 1.82) is 0 Å². The summed E-state index contributed by atoms with van der Waals surface area (Å²) in [6.45, 7) is -0.205. The molecule has 0 aromatic heterocycles. The highest BCUT2D eigenvalue weighted by atomic mass is 32.1. The molecule has 1 atom stereocenters. The second-order valence-corrected chi connectivity index (χ2v) is 2.20. The van der Waals surface area contributed by atoms with Gasteiger partial charge in [0.15, 0.2) is 0 Å². The van der Waals surface area contributed by atoms with E-state index in [2.05, 4.69) is 17.4 Å². The number of aliphatic hydroxyl groups is 1. The lowest BCUT2D eigenvalue weighted by Crippen LogP contribution is -2.25. The molecular formula is C5H11NO3S. The van der Waals surface area contributed by atoms with Gasteiger partial charge in [-0.15, -0.1) is 0 Å². The molecule has 0 bridgehead atoms. The Bertz CT molecular complexity index is 109. The van der Waals surface area contributed by atoms with Crippen molar-refractivity contribution in [2.75, 3.05) is 12.4 Å². The molecule has 0 aliphatic carbocycles. The highest BCUT2D eigenvalue weighted by molar-refractivity contribution is 7.80. The van der Waals surface area contributed by atoms with E-state index >= 15 is 0 Å². The van der Waals surface area contributed by atoms with Crippen LogP contribution in [0.25, 0.3) is 0 Å². The molecule has 0 aliphatic heterocycles. The summed E-state index contributed by atoms with van der Waals surface area (Å²) in [6.07, 6.45) is -0.849. The second kappa shape index (κ2) is 5.37. The van der Waals surface area contributed by atoms with Crippen LogP contribution in [0.3, 0.4) is 0 Å². The van der Waals surface area contributed by atoms with Crippen molar-refractivity contribution in [1.82, 2.24) is 0 Å². The van der Waals surface area contributed by atoms with Gasteiger partial charge in [0.05, 0.1) is 6.61 Å². The molecule has 0 spiro atoms. The lowest BCUT2D eigenvalue weighted by molar-refractivity contribution is 0.0623. The standard InChI is InChI=1S/C5H11NO3S/c6-5(8)9-4(3-7)1-2-10/h4,7,10H,1-3H2,(H2,6,8)/t4-/m0/s1. The minimum atomic E-state index is -0.860. The van der Waals surface area contributed by atoms with Gasteiger partial charge >= 0.3 is 6.09 Å². The largest absolute Gasteiger partial charge is 0.444 e. The van der Waals surface area contributed by atoms with Gasteiger partial charge in [0.25, 0.3) is 0 Å². The normalized spacial score (nSPS) is 12.6. The summed E-state index contributed by atoms with van der Waals surface area (Å²) in [4.78, 5) is 10.1. The van der Waals surface area contributed by atoms with Crippen molar-refractivity contribution < 1.29 is 14.6 Å². The first kappa shape index (κ1) is 9.58. The number of aliphatic hydroxyl groups excluding tert-OH is 1. The fraction of sp³-hybridized carbons (Fsp3) is 0.800. The second-order valence-electron chi connectivity index (χ2n) is 1.75. The van der Waals surface area contributed by atoms with E-state index in [0.29, 0.717) is 12.2 Å². The molecule has 0 radical (unpaired) electrons. The Morgan fingerprint density at radius 3 is 2.70 bits per heavy atom. The van der Waals surface area contributed by atoms with Gasteiger partial charge in [-0.1, -0.05) is 0 Å². The molecule has 60 valence electrons. The van der Waals surface area contributed by atoms with Crippen LogP contribution < -0.4 is 5.73 Å². The highest BCUT2D eigenvalue weighted by Gasteiger charge is 2.08. The molecule has 10 heavy (non-hydrogen) atoms. The minimum absolute atomic E-state index is 0.205. The molecule has 0 saturated heterocycles. The SMILES string of the molecule is NC(=O)O[C@H](CO)CCS. The van der Waals surface area contributed by atoms with Crippen molar-refractivity contribution in [3.63, 3.8) is 0 Å². The van der Waals surface area contributed by atoms with E-state index in [1.165, 1.54) is 0 Å². The Morgan fingerprint density at radius 1 is 1.80 bits per heavy atom. The fourth-order valence-corrected chi connectivity index (χ4v) is 0.784. The molecular weight excluding hydrogens is 154 g/mol. The molecule has 0 fully saturated rings. The number of hydrogen-bond acceptors (Lipinski definition) is 4. The van der Waals surface area contributed by atoms with Crippen molar-refractivity contribution in [2.45, 2.75) is 12.5 Å². The number of primary amides is 1. The van der Waals surface area contributed by atoms with Gasteiger partial charge in [-0.3, -0.25) is 0 Å². The van der Waals surface area contributed by atoms with E-state index in [1.807, 2.05) is 0 Å². The minimum Gasteiger partial charge on any atom is -0.444 e. The zero-order valence-corrected chi connectivity index (χ0v) is 6.38. The first-order valence-corrected chi connectivity index (χ1v) is 3.51. The fourth-order valence-electron chi connectivity index (χ4n) is 0.496. The Hall–Kier alpha value is -0.420. The van der Waals surface area contributed by atoms with Gasteiger partial charge in [0, 0.05) is 0 Å². The lowest BCUT2D eigenvalue weighted by atomic mass is 10.3. The van der Waals surface area contributed by atoms with Crippen LogP contribution in [0.5, 0.6) is 0 Å². The van der Waals surface area contributed by atoms with Gasteiger partial charge in [0.1, 0.15) is 6.10 Å². The van der Waals surface area contributed by atoms with E-state index in [-0.39, 0.29) is 6.61 Å². The molecule has 0 unspecified atom stereocenters. The zero-order chi connectivity index (χ0) is 7.98. The van der Waals surface area contributed by atoms with Crippen LogP contribution in [0.4, 0.5) is 4.79 Å². The monoisotopic (exact) mass is 165 g/mol. The number of rotatable bonds is 4. The van der Waals surface area contributed by atoms with E-state index in [4.69, 9.17) is 10.8 Å². The van der Waals surface area contributed by atoms with E-state index in [9.17, 15) is 4.79 Å². The maximum Gasteiger partial charge on any atom is 0.404 e. The Morgan fingerprint density at radius 2 is 2.40 bits per heavy atom. The third-order valence-electron chi connectivity index (χ3n) is 0.938. The highest BCUT2D eigenvalue weighted by Crippen LogP contribution is 1.98. The van der Waals surface area contributed by atoms with Crippen LogP contribution in [0, 0.1) is 0 Å². The average molecular weight is 165 g/mol. The number of amides is 1. The molecule has 0 aromatic rings. The van der Waals surface area contributed by atoms with Crippen LogP contribution in [-0.4, -0.2) is 29.7 Å². The quantitative estimate of drug-likeness (QED) is 0.503. The van der Waals surface area contributed by atoms with Crippen molar-refractivity contribution in [3.05, 3.63) is 0 Å². The molecule has 0 saturated carbocycles. The molecule has 1 amide bonds. The predicted molar refractivity (Wildman–Crippen MR) is 40.0 cm³/mol. The summed E-state index contributed by atoms with van der Waals surface area (Å²) >= 11 is 3.89. The topological polar surface area (TPSA) is 72.6 Å². The number of thiol groups is 1. The summed E-state index contributed by atoms with van der Waals surface area (Å²) in [5.41, 5.74) is 4.70. The maximum absolute atomic E-state index is 10.1. The third-order valence-corrected chi connectivity index (χ3v) is 1.20. The summed E-state index contributed by atoms with van der Waals surface area (Å²) in [6, 6.07) is 0. The van der Waals surface area contributed by atoms with E-state index < -0.39 is 12.2 Å². The molecule has 5 heteroatoms. The summed E-state index contributed by atoms with van der Waals surface area (Å²) in [5, 5.41) is 8.54. The number of carbonyl (C=O) groups excluding carboxylic acids is 1. The molecule has 3 N–H and O–H groups in total. The summed E-state index contributed by atoms with van der Waals surface area (Å²) < 4.78 is 4.48. The number of ether oxygens (including phenoxy) is 1. The smallest absolute Gasteiger partial charge is 0.404 e. The van der Waals surface area contributed by atoms with Crippen LogP contribution >= 0.6 is 12.6 Å². The summed E-state index contributed by atoms with van der Waals surface area (Å²) in [7, 11) is 0. The maximum atomic E-state index is 10.1. The van der Waals surface area contributed by atoms with Gasteiger partial charge in [-0.2, -0.15) is 12.6 Å². The Balaban J connectivity index is 3.49. The van der Waals surface area contributed by atoms with Gasteiger partial charge in [-0.05, 0) is 12.2 Å². The molecule has 0 heterocycles. The third kappa shape index (κ3) is 4.46.